The Bertz CT molecular complexity index is 594. The van der Waals surface area contributed by atoms with Crippen molar-refractivity contribution in [3.63, 3.8) is 0 Å². The molecule has 1 amide bonds. The van der Waals surface area contributed by atoms with Crippen molar-refractivity contribution in [2.75, 3.05) is 13.2 Å². The van der Waals surface area contributed by atoms with Crippen molar-refractivity contribution in [2.24, 2.45) is 0 Å². The van der Waals surface area contributed by atoms with Gasteiger partial charge in [-0.05, 0) is 25.0 Å². The van der Waals surface area contributed by atoms with Crippen molar-refractivity contribution in [3.05, 3.63) is 48.5 Å². The molecule has 104 valence electrons. The number of benzene rings is 1. The summed E-state index contributed by atoms with van der Waals surface area (Å²) >= 11 is 0. The molecule has 2 heterocycles. The number of carbonyl (C=O) groups excluding carboxylic acids is 1. The van der Waals surface area contributed by atoms with E-state index in [1.165, 1.54) is 0 Å². The summed E-state index contributed by atoms with van der Waals surface area (Å²) in [7, 11) is 0. The largest absolute Gasteiger partial charge is 0.394 e. The minimum Gasteiger partial charge on any atom is -0.394 e. The maximum absolute atomic E-state index is 12.6. The first-order valence-corrected chi connectivity index (χ1v) is 6.81. The van der Waals surface area contributed by atoms with Crippen LogP contribution >= 0.6 is 0 Å². The smallest absolute Gasteiger partial charge is 0.272 e. The first-order valence-electron chi connectivity index (χ1n) is 6.81. The van der Waals surface area contributed by atoms with Crippen LogP contribution in [0.3, 0.4) is 0 Å². The van der Waals surface area contributed by atoms with E-state index in [4.69, 9.17) is 0 Å². The molecule has 0 bridgehead atoms. The molecule has 1 atom stereocenters. The molecule has 3 rings (SSSR count). The molecule has 1 fully saturated rings. The van der Waals surface area contributed by atoms with Gasteiger partial charge < -0.3 is 10.0 Å². The van der Waals surface area contributed by atoms with E-state index in [-0.39, 0.29) is 18.6 Å². The third-order valence-electron chi connectivity index (χ3n) is 3.74. The van der Waals surface area contributed by atoms with Crippen LogP contribution in [0, 0.1) is 0 Å². The van der Waals surface area contributed by atoms with Gasteiger partial charge in [-0.15, -0.1) is 0 Å². The lowest BCUT2D eigenvalue weighted by atomic mass is 10.2. The van der Waals surface area contributed by atoms with E-state index in [0.717, 1.165) is 18.5 Å². The van der Waals surface area contributed by atoms with Gasteiger partial charge in [-0.2, -0.15) is 0 Å². The van der Waals surface area contributed by atoms with Crippen molar-refractivity contribution in [1.29, 1.82) is 0 Å². The van der Waals surface area contributed by atoms with Crippen molar-refractivity contribution < 1.29 is 9.90 Å². The monoisotopic (exact) mass is 271 g/mol. The fraction of sp³-hybridized carbons (Fsp3) is 0.333. The molecule has 1 saturated heterocycles. The SMILES string of the molecule is O=C(c1cncn1-c1ccccc1)N1CCC[C@H]1CO. The Kier molecular flexibility index (Phi) is 3.52. The number of likely N-dealkylation sites (tertiary alicyclic amines) is 1. The second kappa shape index (κ2) is 5.46. The molecule has 2 aromatic rings. The van der Waals surface area contributed by atoms with Crippen LogP contribution in [-0.4, -0.2) is 44.7 Å². The third-order valence-corrected chi connectivity index (χ3v) is 3.74. The van der Waals surface area contributed by atoms with Crippen LogP contribution in [0.15, 0.2) is 42.9 Å². The highest BCUT2D eigenvalue weighted by atomic mass is 16.3. The number of imidazole rings is 1. The molecule has 0 aliphatic carbocycles. The molecule has 5 heteroatoms. The molecular weight excluding hydrogens is 254 g/mol. The fourth-order valence-corrected chi connectivity index (χ4v) is 2.69. The van der Waals surface area contributed by atoms with Gasteiger partial charge in [0.25, 0.3) is 5.91 Å². The summed E-state index contributed by atoms with van der Waals surface area (Å²) in [5, 5.41) is 9.35. The average molecular weight is 271 g/mol. The molecule has 1 aliphatic rings. The Hall–Kier alpha value is -2.14. The quantitative estimate of drug-likeness (QED) is 0.919. The topological polar surface area (TPSA) is 58.4 Å². The minimum absolute atomic E-state index is 0.0191. The molecule has 0 saturated carbocycles. The van der Waals surface area contributed by atoms with Gasteiger partial charge in [0, 0.05) is 12.2 Å². The zero-order valence-corrected chi connectivity index (χ0v) is 11.1. The second-order valence-corrected chi connectivity index (χ2v) is 4.96. The molecule has 1 N–H and O–H groups in total. The molecule has 20 heavy (non-hydrogen) atoms. The van der Waals surface area contributed by atoms with Crippen LogP contribution < -0.4 is 0 Å². The van der Waals surface area contributed by atoms with Crippen LogP contribution in [0.1, 0.15) is 23.3 Å². The van der Waals surface area contributed by atoms with Crippen LogP contribution in [-0.2, 0) is 0 Å². The Morgan fingerprint density at radius 3 is 2.90 bits per heavy atom. The summed E-state index contributed by atoms with van der Waals surface area (Å²) in [5.74, 6) is -0.0668. The highest BCUT2D eigenvalue weighted by molar-refractivity contribution is 5.93. The highest BCUT2D eigenvalue weighted by Crippen LogP contribution is 2.21. The Balaban J connectivity index is 1.92. The zero-order chi connectivity index (χ0) is 13.9. The second-order valence-electron chi connectivity index (χ2n) is 4.96. The van der Waals surface area contributed by atoms with Gasteiger partial charge in [0.05, 0.1) is 25.2 Å². The number of aromatic nitrogens is 2. The van der Waals surface area contributed by atoms with Gasteiger partial charge in [0.15, 0.2) is 0 Å². The lowest BCUT2D eigenvalue weighted by molar-refractivity contribution is 0.0669. The van der Waals surface area contributed by atoms with Gasteiger partial charge in [-0.1, -0.05) is 18.2 Å². The number of nitrogens with zero attached hydrogens (tertiary/aromatic N) is 3. The van der Waals surface area contributed by atoms with E-state index in [2.05, 4.69) is 4.98 Å². The molecule has 5 nitrogen and oxygen atoms in total. The third kappa shape index (κ3) is 2.20. The molecule has 0 spiro atoms. The van der Waals surface area contributed by atoms with Crippen molar-refractivity contribution in [1.82, 2.24) is 14.5 Å². The Morgan fingerprint density at radius 2 is 2.15 bits per heavy atom. The number of hydrogen-bond acceptors (Lipinski definition) is 3. The van der Waals surface area contributed by atoms with Crippen LogP contribution in [0.2, 0.25) is 0 Å². The van der Waals surface area contributed by atoms with Crippen molar-refractivity contribution in [2.45, 2.75) is 18.9 Å². The van der Waals surface area contributed by atoms with E-state index in [0.29, 0.717) is 12.2 Å². The van der Waals surface area contributed by atoms with Gasteiger partial charge >= 0.3 is 0 Å². The Labute approximate surface area is 117 Å². The lowest BCUT2D eigenvalue weighted by Gasteiger charge is -2.23. The summed E-state index contributed by atoms with van der Waals surface area (Å²) in [6, 6.07) is 9.59. The summed E-state index contributed by atoms with van der Waals surface area (Å²) in [5.41, 5.74) is 1.45. The molecule has 1 aromatic heterocycles. The van der Waals surface area contributed by atoms with E-state index in [1.54, 1.807) is 22.0 Å². The first kappa shape index (κ1) is 12.9. The fourth-order valence-electron chi connectivity index (χ4n) is 2.69. The molecule has 0 radical (unpaired) electrons. The minimum atomic E-state index is -0.0679. The number of amides is 1. The lowest BCUT2D eigenvalue weighted by Crippen LogP contribution is -2.38. The summed E-state index contributed by atoms with van der Waals surface area (Å²) in [6.45, 7) is 0.718. The standard InChI is InChI=1S/C15H17N3O2/c19-10-13-7-4-8-17(13)15(20)14-9-16-11-18(14)12-5-2-1-3-6-12/h1-3,5-6,9,11,13,19H,4,7-8,10H2/t13-/m0/s1. The van der Waals surface area contributed by atoms with Gasteiger partial charge in [-0.3, -0.25) is 9.36 Å². The number of aliphatic hydroxyl groups excluding tert-OH is 1. The summed E-state index contributed by atoms with van der Waals surface area (Å²) < 4.78 is 1.79. The van der Waals surface area contributed by atoms with E-state index >= 15 is 0 Å². The van der Waals surface area contributed by atoms with Crippen LogP contribution in [0.25, 0.3) is 5.69 Å². The maximum Gasteiger partial charge on any atom is 0.272 e. The molecule has 0 unspecified atom stereocenters. The predicted octanol–water partition coefficient (Wildman–Crippen LogP) is 1.47. The van der Waals surface area contributed by atoms with Crippen molar-refractivity contribution in [3.8, 4) is 5.69 Å². The van der Waals surface area contributed by atoms with Crippen LogP contribution in [0.4, 0.5) is 0 Å². The molecular formula is C15H17N3O2. The summed E-state index contributed by atoms with van der Waals surface area (Å²) in [4.78, 5) is 18.5. The molecule has 1 aliphatic heterocycles. The van der Waals surface area contributed by atoms with Crippen LogP contribution in [0.5, 0.6) is 0 Å². The predicted molar refractivity (Wildman–Crippen MR) is 74.7 cm³/mol. The Morgan fingerprint density at radius 1 is 1.35 bits per heavy atom. The maximum atomic E-state index is 12.6. The number of hydrogen-bond donors (Lipinski definition) is 1. The number of rotatable bonds is 3. The number of para-hydroxylation sites is 1. The average Bonchev–Trinajstić information content (AvgIpc) is 3.16. The highest BCUT2D eigenvalue weighted by Gasteiger charge is 2.30. The number of carbonyl (C=O) groups is 1. The van der Waals surface area contributed by atoms with Gasteiger partial charge in [-0.25, -0.2) is 4.98 Å². The van der Waals surface area contributed by atoms with E-state index < -0.39 is 0 Å². The normalized spacial score (nSPS) is 18.4. The summed E-state index contributed by atoms with van der Waals surface area (Å²) in [6.07, 6.45) is 5.03. The van der Waals surface area contributed by atoms with Gasteiger partial charge in [0.2, 0.25) is 0 Å². The van der Waals surface area contributed by atoms with Gasteiger partial charge in [0.1, 0.15) is 5.69 Å². The molecule has 1 aromatic carbocycles. The van der Waals surface area contributed by atoms with E-state index in [1.807, 2.05) is 30.3 Å². The first-order chi connectivity index (χ1) is 9.81. The number of aliphatic hydroxyl groups is 1. The van der Waals surface area contributed by atoms with Crippen molar-refractivity contribution >= 4 is 5.91 Å². The van der Waals surface area contributed by atoms with E-state index in [9.17, 15) is 9.90 Å². The zero-order valence-electron chi connectivity index (χ0n) is 11.1.